The average Bonchev–Trinajstić information content (AvgIpc) is 2.58. The highest BCUT2D eigenvalue weighted by atomic mass is 16.1. The molecule has 88 valence electrons. The molecule has 4 heteroatoms. The summed E-state index contributed by atoms with van der Waals surface area (Å²) in [5, 5.41) is 2.66. The SMILES string of the molecule is CNC(=O)Cn1c(C)cc2c1CCCC2N. The summed E-state index contributed by atoms with van der Waals surface area (Å²) >= 11 is 0. The number of hydrogen-bond acceptors (Lipinski definition) is 2. The van der Waals surface area contributed by atoms with Gasteiger partial charge in [0.1, 0.15) is 6.54 Å². The van der Waals surface area contributed by atoms with Crippen molar-refractivity contribution in [3.8, 4) is 0 Å². The lowest BCUT2D eigenvalue weighted by atomic mass is 9.93. The van der Waals surface area contributed by atoms with Gasteiger partial charge in [-0.25, -0.2) is 0 Å². The zero-order valence-corrected chi connectivity index (χ0v) is 9.92. The molecule has 4 nitrogen and oxygen atoms in total. The highest BCUT2D eigenvalue weighted by molar-refractivity contribution is 5.75. The number of amides is 1. The molecule has 2 rings (SSSR count). The van der Waals surface area contributed by atoms with Crippen LogP contribution in [0.1, 0.15) is 35.8 Å². The lowest BCUT2D eigenvalue weighted by Crippen LogP contribution is -2.26. The third kappa shape index (κ3) is 1.85. The van der Waals surface area contributed by atoms with Crippen molar-refractivity contribution < 1.29 is 4.79 Å². The molecule has 1 unspecified atom stereocenters. The van der Waals surface area contributed by atoms with E-state index >= 15 is 0 Å². The van der Waals surface area contributed by atoms with Crippen LogP contribution in [-0.2, 0) is 17.8 Å². The van der Waals surface area contributed by atoms with Crippen LogP contribution in [0, 0.1) is 6.92 Å². The van der Waals surface area contributed by atoms with Gasteiger partial charge in [0.15, 0.2) is 0 Å². The van der Waals surface area contributed by atoms with Crippen molar-refractivity contribution in [3.63, 3.8) is 0 Å². The number of aryl methyl sites for hydroxylation is 1. The van der Waals surface area contributed by atoms with E-state index in [2.05, 4.69) is 16.0 Å². The van der Waals surface area contributed by atoms with Gasteiger partial charge in [0.05, 0.1) is 0 Å². The second kappa shape index (κ2) is 4.29. The number of carbonyl (C=O) groups is 1. The molecule has 1 amide bonds. The molecule has 0 aliphatic heterocycles. The summed E-state index contributed by atoms with van der Waals surface area (Å²) in [4.78, 5) is 11.4. The summed E-state index contributed by atoms with van der Waals surface area (Å²) in [5.74, 6) is 0.0423. The first-order chi connectivity index (χ1) is 7.63. The summed E-state index contributed by atoms with van der Waals surface area (Å²) in [6.45, 7) is 2.44. The van der Waals surface area contributed by atoms with Gasteiger partial charge in [-0.3, -0.25) is 4.79 Å². The number of aromatic nitrogens is 1. The molecule has 16 heavy (non-hydrogen) atoms. The number of nitrogens with two attached hydrogens (primary N) is 1. The summed E-state index contributed by atoms with van der Waals surface area (Å²) < 4.78 is 2.09. The maximum atomic E-state index is 11.4. The molecule has 1 heterocycles. The first-order valence-electron chi connectivity index (χ1n) is 5.78. The average molecular weight is 221 g/mol. The van der Waals surface area contributed by atoms with Crippen LogP contribution in [0.2, 0.25) is 0 Å². The van der Waals surface area contributed by atoms with Crippen LogP contribution in [-0.4, -0.2) is 17.5 Å². The van der Waals surface area contributed by atoms with E-state index in [4.69, 9.17) is 5.73 Å². The molecule has 1 atom stereocenters. The van der Waals surface area contributed by atoms with Crippen molar-refractivity contribution in [1.29, 1.82) is 0 Å². The van der Waals surface area contributed by atoms with E-state index < -0.39 is 0 Å². The summed E-state index contributed by atoms with van der Waals surface area (Å²) in [6, 6.07) is 2.27. The molecule has 1 aliphatic carbocycles. The highest BCUT2D eigenvalue weighted by Gasteiger charge is 2.22. The lowest BCUT2D eigenvalue weighted by Gasteiger charge is -2.20. The zero-order chi connectivity index (χ0) is 11.7. The van der Waals surface area contributed by atoms with Gasteiger partial charge in [0.2, 0.25) is 5.91 Å². The molecule has 0 saturated carbocycles. The topological polar surface area (TPSA) is 60.0 Å². The van der Waals surface area contributed by atoms with E-state index in [1.54, 1.807) is 7.05 Å². The number of rotatable bonds is 2. The fraction of sp³-hybridized carbons (Fsp3) is 0.583. The van der Waals surface area contributed by atoms with Crippen LogP contribution >= 0.6 is 0 Å². The van der Waals surface area contributed by atoms with Crippen molar-refractivity contribution in [1.82, 2.24) is 9.88 Å². The van der Waals surface area contributed by atoms with E-state index in [0.717, 1.165) is 25.0 Å². The lowest BCUT2D eigenvalue weighted by molar-refractivity contribution is -0.121. The molecular weight excluding hydrogens is 202 g/mol. The minimum absolute atomic E-state index is 0.0423. The predicted octanol–water partition coefficient (Wildman–Crippen LogP) is 0.879. The van der Waals surface area contributed by atoms with Crippen LogP contribution in [0.25, 0.3) is 0 Å². The van der Waals surface area contributed by atoms with E-state index in [1.165, 1.54) is 11.3 Å². The number of fused-ring (bicyclic) bond motifs is 1. The van der Waals surface area contributed by atoms with Gasteiger partial charge in [0.25, 0.3) is 0 Å². The normalized spacial score (nSPS) is 19.3. The smallest absolute Gasteiger partial charge is 0.239 e. The maximum absolute atomic E-state index is 11.4. The Balaban J connectivity index is 2.34. The molecule has 0 saturated heterocycles. The molecule has 0 spiro atoms. The van der Waals surface area contributed by atoms with Crippen LogP contribution in [0.4, 0.5) is 0 Å². The minimum atomic E-state index is 0.0423. The van der Waals surface area contributed by atoms with Crippen molar-refractivity contribution in [2.24, 2.45) is 5.73 Å². The van der Waals surface area contributed by atoms with E-state index in [1.807, 2.05) is 6.92 Å². The quantitative estimate of drug-likeness (QED) is 0.778. The number of likely N-dealkylation sites (N-methyl/N-ethyl adjacent to an activating group) is 1. The first-order valence-corrected chi connectivity index (χ1v) is 5.78. The molecule has 3 N–H and O–H groups in total. The standard InChI is InChI=1S/C12H19N3O/c1-8-6-9-10(13)4-3-5-11(9)15(8)7-12(16)14-2/h6,10H,3-5,7,13H2,1-2H3,(H,14,16). The maximum Gasteiger partial charge on any atom is 0.239 e. The Hall–Kier alpha value is -1.29. The zero-order valence-electron chi connectivity index (χ0n) is 9.92. The van der Waals surface area contributed by atoms with Gasteiger partial charge < -0.3 is 15.6 Å². The van der Waals surface area contributed by atoms with Crippen LogP contribution in [0.15, 0.2) is 6.07 Å². The van der Waals surface area contributed by atoms with Crippen molar-refractivity contribution >= 4 is 5.91 Å². The molecule has 0 aromatic carbocycles. The molecule has 0 fully saturated rings. The Bertz CT molecular complexity index is 409. The summed E-state index contributed by atoms with van der Waals surface area (Å²) in [5.41, 5.74) is 9.69. The van der Waals surface area contributed by atoms with E-state index in [0.29, 0.717) is 6.54 Å². The third-order valence-electron chi connectivity index (χ3n) is 3.36. The van der Waals surface area contributed by atoms with Crippen molar-refractivity contribution in [2.45, 2.75) is 38.8 Å². The van der Waals surface area contributed by atoms with Gasteiger partial charge in [-0.2, -0.15) is 0 Å². The fourth-order valence-corrected chi connectivity index (χ4v) is 2.44. The van der Waals surface area contributed by atoms with E-state index in [-0.39, 0.29) is 11.9 Å². The monoisotopic (exact) mass is 221 g/mol. The number of nitrogens with one attached hydrogen (secondary N) is 1. The Morgan fingerprint density at radius 1 is 1.69 bits per heavy atom. The Morgan fingerprint density at radius 3 is 3.12 bits per heavy atom. The molecule has 1 aromatic rings. The van der Waals surface area contributed by atoms with E-state index in [9.17, 15) is 4.79 Å². The van der Waals surface area contributed by atoms with Gasteiger partial charge in [-0.1, -0.05) is 0 Å². The second-order valence-electron chi connectivity index (χ2n) is 4.45. The fourth-order valence-electron chi connectivity index (χ4n) is 2.44. The van der Waals surface area contributed by atoms with Crippen LogP contribution < -0.4 is 11.1 Å². The number of hydrogen-bond donors (Lipinski definition) is 2. The van der Waals surface area contributed by atoms with Crippen LogP contribution in [0.5, 0.6) is 0 Å². The highest BCUT2D eigenvalue weighted by Crippen LogP contribution is 2.30. The predicted molar refractivity (Wildman–Crippen MR) is 63.1 cm³/mol. The largest absolute Gasteiger partial charge is 0.358 e. The molecule has 0 bridgehead atoms. The second-order valence-corrected chi connectivity index (χ2v) is 4.45. The van der Waals surface area contributed by atoms with Gasteiger partial charge in [0, 0.05) is 24.5 Å². The first kappa shape index (κ1) is 11.2. The Morgan fingerprint density at radius 2 is 2.44 bits per heavy atom. The third-order valence-corrected chi connectivity index (χ3v) is 3.36. The van der Waals surface area contributed by atoms with Gasteiger partial charge >= 0.3 is 0 Å². The summed E-state index contributed by atoms with van der Waals surface area (Å²) in [6.07, 6.45) is 3.20. The summed E-state index contributed by atoms with van der Waals surface area (Å²) in [7, 11) is 1.67. The van der Waals surface area contributed by atoms with Crippen molar-refractivity contribution in [2.75, 3.05) is 7.05 Å². The van der Waals surface area contributed by atoms with Crippen molar-refractivity contribution in [3.05, 3.63) is 23.0 Å². The van der Waals surface area contributed by atoms with Gasteiger partial charge in [-0.05, 0) is 37.8 Å². The molecule has 0 radical (unpaired) electrons. The van der Waals surface area contributed by atoms with Gasteiger partial charge in [-0.15, -0.1) is 0 Å². The minimum Gasteiger partial charge on any atom is -0.358 e. The number of nitrogens with zero attached hydrogens (tertiary/aromatic N) is 1. The van der Waals surface area contributed by atoms with Crippen LogP contribution in [0.3, 0.4) is 0 Å². The Labute approximate surface area is 95.8 Å². The number of carbonyl (C=O) groups excluding carboxylic acids is 1. The molecule has 1 aromatic heterocycles. The molecule has 1 aliphatic rings. The Kier molecular flexibility index (Phi) is 3.01. The molecular formula is C12H19N3O.